The van der Waals surface area contributed by atoms with E-state index in [1.54, 1.807) is 32.5 Å². The number of fused-ring (bicyclic) bond motifs is 2. The van der Waals surface area contributed by atoms with Crippen LogP contribution in [0.1, 0.15) is 19.5 Å². The lowest BCUT2D eigenvalue weighted by Crippen LogP contribution is -2.24. The molecule has 0 atom stereocenters. The van der Waals surface area contributed by atoms with Crippen molar-refractivity contribution in [3.8, 4) is 0 Å². The first-order valence-electron chi connectivity index (χ1n) is 10.3. The van der Waals surface area contributed by atoms with Gasteiger partial charge < -0.3 is 0 Å². The van der Waals surface area contributed by atoms with Crippen LogP contribution >= 0.6 is 22.7 Å². The maximum atomic E-state index is 13.8. The van der Waals surface area contributed by atoms with Crippen LogP contribution in [-0.2, 0) is 9.59 Å². The van der Waals surface area contributed by atoms with Crippen LogP contribution in [0.4, 0.5) is 22.7 Å². The minimum Gasteiger partial charge on any atom is -0.275 e. The van der Waals surface area contributed by atoms with Gasteiger partial charge in [-0.2, -0.15) is 0 Å². The molecule has 4 nitrogen and oxygen atoms in total. The van der Waals surface area contributed by atoms with Crippen molar-refractivity contribution in [1.29, 1.82) is 0 Å². The highest BCUT2D eigenvalue weighted by Crippen LogP contribution is 2.54. The van der Waals surface area contributed by atoms with E-state index in [0.29, 0.717) is 11.1 Å². The lowest BCUT2D eigenvalue weighted by atomic mass is 10.1. The zero-order chi connectivity index (χ0) is 22.0. The van der Waals surface area contributed by atoms with Crippen molar-refractivity contribution >= 4 is 68.4 Å². The summed E-state index contributed by atoms with van der Waals surface area (Å²) in [5.41, 5.74) is 4.33. The Hall–Kier alpha value is -3.48. The number of hydrogen-bond acceptors (Lipinski definition) is 4. The molecule has 2 amide bonds. The molecule has 4 heterocycles. The summed E-state index contributed by atoms with van der Waals surface area (Å²) in [6.07, 6.45) is 0. The monoisotopic (exact) mass is 454 g/mol. The molecule has 0 radical (unpaired) electrons. The van der Waals surface area contributed by atoms with Gasteiger partial charge in [-0.25, -0.2) is 0 Å². The van der Waals surface area contributed by atoms with Crippen LogP contribution in [0.3, 0.4) is 0 Å². The highest BCUT2D eigenvalue weighted by molar-refractivity contribution is 7.16. The molecule has 156 valence electrons. The van der Waals surface area contributed by atoms with E-state index in [2.05, 4.69) is 0 Å². The maximum absolute atomic E-state index is 13.8. The molecular formula is C26H18N2O2S2. The Bertz CT molecular complexity index is 1320. The molecule has 0 N–H and O–H groups in total. The van der Waals surface area contributed by atoms with E-state index in [0.717, 1.165) is 42.3 Å². The Morgan fingerprint density at radius 1 is 0.594 bits per heavy atom. The molecular weight excluding hydrogens is 436 g/mol. The highest BCUT2D eigenvalue weighted by Gasteiger charge is 2.45. The maximum Gasteiger partial charge on any atom is 0.265 e. The number of rotatable bonds is 2. The fourth-order valence-electron chi connectivity index (χ4n) is 4.44. The second kappa shape index (κ2) is 7.02. The average molecular weight is 455 g/mol. The predicted octanol–water partition coefficient (Wildman–Crippen LogP) is 6.69. The van der Waals surface area contributed by atoms with Crippen molar-refractivity contribution in [3.63, 3.8) is 0 Å². The van der Waals surface area contributed by atoms with Gasteiger partial charge in [-0.15, -0.1) is 22.7 Å². The van der Waals surface area contributed by atoms with Crippen LogP contribution in [0.2, 0.25) is 0 Å². The van der Waals surface area contributed by atoms with Crippen molar-refractivity contribution in [2.24, 2.45) is 0 Å². The molecule has 0 spiro atoms. The number of anilines is 4. The number of para-hydroxylation sites is 2. The van der Waals surface area contributed by atoms with Gasteiger partial charge in [0.15, 0.2) is 0 Å². The molecule has 2 aliphatic heterocycles. The fourth-order valence-corrected chi connectivity index (χ4v) is 6.51. The fraction of sp³-hybridized carbons (Fsp3) is 0.0769. The van der Waals surface area contributed by atoms with Gasteiger partial charge in [-0.05, 0) is 50.2 Å². The Morgan fingerprint density at radius 3 is 1.34 bits per heavy atom. The molecule has 2 aromatic heterocycles. The van der Waals surface area contributed by atoms with Crippen molar-refractivity contribution in [2.75, 3.05) is 9.80 Å². The van der Waals surface area contributed by atoms with E-state index in [4.69, 9.17) is 0 Å². The topological polar surface area (TPSA) is 40.6 Å². The molecule has 32 heavy (non-hydrogen) atoms. The summed E-state index contributed by atoms with van der Waals surface area (Å²) in [5.74, 6) is -0.291. The highest BCUT2D eigenvalue weighted by atomic mass is 32.1. The molecule has 0 saturated carbocycles. The van der Waals surface area contributed by atoms with Crippen molar-refractivity contribution < 1.29 is 9.59 Å². The third kappa shape index (κ3) is 2.66. The van der Waals surface area contributed by atoms with Crippen molar-refractivity contribution in [3.05, 3.63) is 92.3 Å². The normalized spacial score (nSPS) is 17.3. The van der Waals surface area contributed by atoms with Crippen LogP contribution < -0.4 is 9.80 Å². The van der Waals surface area contributed by atoms with Crippen molar-refractivity contribution in [2.45, 2.75) is 13.8 Å². The second-order valence-electron chi connectivity index (χ2n) is 7.85. The van der Waals surface area contributed by atoms with Gasteiger partial charge in [0.25, 0.3) is 11.8 Å². The molecule has 0 bridgehead atoms. The number of carbonyl (C=O) groups excluding carboxylic acids is 2. The van der Waals surface area contributed by atoms with Gasteiger partial charge in [0.2, 0.25) is 0 Å². The Morgan fingerprint density at radius 2 is 0.969 bits per heavy atom. The number of hydrogen-bond donors (Lipinski definition) is 0. The number of carbonyl (C=O) groups is 2. The summed E-state index contributed by atoms with van der Waals surface area (Å²) in [6, 6.07) is 23.3. The Labute approximate surface area is 193 Å². The smallest absolute Gasteiger partial charge is 0.265 e. The summed E-state index contributed by atoms with van der Waals surface area (Å²) in [5, 5.41) is 0. The summed E-state index contributed by atoms with van der Waals surface area (Å²) >= 11 is 3.14. The van der Waals surface area contributed by atoms with E-state index in [-0.39, 0.29) is 11.8 Å². The average Bonchev–Trinajstić information content (AvgIpc) is 3.47. The number of thiophene rings is 2. The number of benzene rings is 2. The van der Waals surface area contributed by atoms with Gasteiger partial charge in [0.05, 0.1) is 32.3 Å². The van der Waals surface area contributed by atoms with E-state index < -0.39 is 0 Å². The van der Waals surface area contributed by atoms with Crippen LogP contribution in [0, 0.1) is 13.8 Å². The van der Waals surface area contributed by atoms with Crippen LogP contribution in [0.25, 0.3) is 11.1 Å². The zero-order valence-electron chi connectivity index (χ0n) is 17.5. The van der Waals surface area contributed by atoms with Crippen molar-refractivity contribution in [1.82, 2.24) is 0 Å². The van der Waals surface area contributed by atoms with Gasteiger partial charge in [0.1, 0.15) is 0 Å². The first-order valence-corrected chi connectivity index (χ1v) is 11.9. The summed E-state index contributed by atoms with van der Waals surface area (Å²) in [4.78, 5) is 35.1. The Balaban J connectivity index is 1.61. The molecule has 4 aromatic rings. The molecule has 6 heteroatoms. The molecule has 0 unspecified atom stereocenters. The van der Waals surface area contributed by atoms with Gasteiger partial charge in [0, 0.05) is 21.1 Å². The lowest BCUT2D eigenvalue weighted by Gasteiger charge is -2.17. The SMILES string of the molecule is Cc1cc2c(s1)/C(=C1\C(=O)N(c3ccccc3)c3cc(C)sc31)C(=O)N2c1ccccc1. The standard InChI is InChI=1S/C26H18N2O2S2/c1-15-13-19-23(31-15)21(25(29)27(19)17-9-5-3-6-10-17)22-24-20(14-16(2)32-24)28(26(22)30)18-11-7-4-8-12-18/h3-14H,1-2H3/b22-21+. The second-order valence-corrected chi connectivity index (χ2v) is 10.4. The van der Waals surface area contributed by atoms with Crippen LogP contribution in [-0.4, -0.2) is 11.8 Å². The number of nitrogens with zero attached hydrogens (tertiary/aromatic N) is 2. The summed E-state index contributed by atoms with van der Waals surface area (Å²) in [7, 11) is 0. The van der Waals surface area contributed by atoms with Gasteiger partial charge in [-0.3, -0.25) is 19.4 Å². The first kappa shape index (κ1) is 19.2. The molecule has 0 saturated heterocycles. The number of amides is 2. The number of aryl methyl sites for hydroxylation is 2. The zero-order valence-corrected chi connectivity index (χ0v) is 19.1. The largest absolute Gasteiger partial charge is 0.275 e. The molecule has 6 rings (SSSR count). The van der Waals surface area contributed by atoms with E-state index in [9.17, 15) is 9.59 Å². The van der Waals surface area contributed by atoms with E-state index >= 15 is 0 Å². The van der Waals surface area contributed by atoms with Gasteiger partial charge in [-0.1, -0.05) is 36.4 Å². The summed E-state index contributed by atoms with van der Waals surface area (Å²) in [6.45, 7) is 4.07. The molecule has 0 aliphatic carbocycles. The third-order valence-electron chi connectivity index (χ3n) is 5.72. The molecule has 2 aliphatic rings. The predicted molar refractivity (Wildman–Crippen MR) is 132 cm³/mol. The first-order chi connectivity index (χ1) is 15.5. The van der Waals surface area contributed by atoms with Gasteiger partial charge >= 0.3 is 0 Å². The lowest BCUT2D eigenvalue weighted by molar-refractivity contribution is -0.114. The summed E-state index contributed by atoms with van der Waals surface area (Å²) < 4.78 is 0. The Kier molecular flexibility index (Phi) is 4.22. The van der Waals surface area contributed by atoms with E-state index in [1.165, 1.54) is 0 Å². The van der Waals surface area contributed by atoms with Crippen LogP contribution in [0.5, 0.6) is 0 Å². The minimum absolute atomic E-state index is 0.146. The van der Waals surface area contributed by atoms with E-state index in [1.807, 2.05) is 86.6 Å². The molecule has 0 fully saturated rings. The quantitative estimate of drug-likeness (QED) is 0.317. The minimum atomic E-state index is -0.146. The van der Waals surface area contributed by atoms with Crippen LogP contribution in [0.15, 0.2) is 72.8 Å². The molecule has 2 aromatic carbocycles. The third-order valence-corrected chi connectivity index (χ3v) is 7.83.